The summed E-state index contributed by atoms with van der Waals surface area (Å²) < 4.78 is 6.34. The minimum atomic E-state index is 0.169. The van der Waals surface area contributed by atoms with Gasteiger partial charge in [-0.1, -0.05) is 54.1 Å². The van der Waals surface area contributed by atoms with E-state index in [-0.39, 0.29) is 12.3 Å². The van der Waals surface area contributed by atoms with Gasteiger partial charge in [-0.05, 0) is 47.4 Å². The minimum Gasteiger partial charge on any atom is -0.475 e. The summed E-state index contributed by atoms with van der Waals surface area (Å²) >= 11 is 6.30. The summed E-state index contributed by atoms with van der Waals surface area (Å²) in [7, 11) is 0. The molecule has 1 saturated heterocycles. The van der Waals surface area contributed by atoms with Crippen LogP contribution in [0, 0.1) is 0 Å². The molecule has 0 saturated carbocycles. The summed E-state index contributed by atoms with van der Waals surface area (Å²) in [4.78, 5) is 2.49. The van der Waals surface area contributed by atoms with Gasteiger partial charge < -0.3 is 4.74 Å². The first-order chi connectivity index (χ1) is 11.8. The lowest BCUT2D eigenvalue weighted by molar-refractivity contribution is 0.0176. The molecule has 0 aliphatic carbocycles. The molecule has 0 radical (unpaired) electrons. The summed E-state index contributed by atoms with van der Waals surface area (Å²) in [5.41, 5.74) is 2.52. The molecule has 3 aromatic carbocycles. The van der Waals surface area contributed by atoms with Gasteiger partial charge in [-0.2, -0.15) is 0 Å². The second-order valence-electron chi connectivity index (χ2n) is 6.61. The standard InChI is InChI=1S/C21H18ClNO/c22-16-7-3-6-15(13-16)21-20-17-8-2-1-5-14(17)10-11-18(20)24-19-9-4-12-23(19)21/h1-3,5-8,10-11,13,19,21H,4,9,12H2. The number of hydrogen-bond acceptors (Lipinski definition) is 2. The van der Waals surface area contributed by atoms with E-state index in [2.05, 4.69) is 53.4 Å². The molecule has 2 aliphatic rings. The van der Waals surface area contributed by atoms with Gasteiger partial charge in [0.15, 0.2) is 6.23 Å². The third kappa shape index (κ3) is 2.14. The Kier molecular flexibility index (Phi) is 3.29. The quantitative estimate of drug-likeness (QED) is 0.590. The largest absolute Gasteiger partial charge is 0.475 e. The lowest BCUT2D eigenvalue weighted by Gasteiger charge is -2.40. The molecule has 3 aromatic rings. The molecule has 5 rings (SSSR count). The van der Waals surface area contributed by atoms with Crippen molar-refractivity contribution in [2.45, 2.75) is 25.1 Å². The molecule has 2 heterocycles. The fourth-order valence-electron chi connectivity index (χ4n) is 4.19. The van der Waals surface area contributed by atoms with Crippen molar-refractivity contribution in [2.75, 3.05) is 6.54 Å². The van der Waals surface area contributed by atoms with Crippen molar-refractivity contribution in [3.8, 4) is 5.75 Å². The normalized spacial score (nSPS) is 22.9. The fourth-order valence-corrected chi connectivity index (χ4v) is 4.39. The van der Waals surface area contributed by atoms with Crippen molar-refractivity contribution >= 4 is 22.4 Å². The summed E-state index contributed by atoms with van der Waals surface area (Å²) in [6, 6.07) is 21.3. The smallest absolute Gasteiger partial charge is 0.153 e. The van der Waals surface area contributed by atoms with E-state index < -0.39 is 0 Å². The van der Waals surface area contributed by atoms with Crippen LogP contribution in [0.4, 0.5) is 0 Å². The highest BCUT2D eigenvalue weighted by Crippen LogP contribution is 2.47. The first-order valence-electron chi connectivity index (χ1n) is 8.51. The van der Waals surface area contributed by atoms with Gasteiger partial charge in [0.05, 0.1) is 6.04 Å². The van der Waals surface area contributed by atoms with Crippen LogP contribution in [-0.2, 0) is 0 Å². The highest BCUT2D eigenvalue weighted by molar-refractivity contribution is 6.30. The van der Waals surface area contributed by atoms with Crippen molar-refractivity contribution in [3.05, 3.63) is 76.8 Å². The van der Waals surface area contributed by atoms with Gasteiger partial charge in [0.1, 0.15) is 5.75 Å². The SMILES string of the molecule is Clc1cccc(C2c3c(ccc4ccccc34)OC3CCCN32)c1. The lowest BCUT2D eigenvalue weighted by atomic mass is 9.90. The number of hydrogen-bond donors (Lipinski definition) is 0. The predicted octanol–water partition coefficient (Wildman–Crippen LogP) is 5.40. The average Bonchev–Trinajstić information content (AvgIpc) is 3.07. The van der Waals surface area contributed by atoms with Gasteiger partial charge in [-0.15, -0.1) is 0 Å². The molecule has 2 atom stereocenters. The molecule has 1 fully saturated rings. The van der Waals surface area contributed by atoms with E-state index in [9.17, 15) is 0 Å². The van der Waals surface area contributed by atoms with E-state index in [1.165, 1.54) is 28.3 Å². The Morgan fingerprint density at radius 1 is 1.00 bits per heavy atom. The van der Waals surface area contributed by atoms with Crippen LogP contribution in [0.1, 0.15) is 30.0 Å². The molecule has 3 heteroatoms. The molecule has 2 nitrogen and oxygen atoms in total. The van der Waals surface area contributed by atoms with Crippen molar-refractivity contribution in [3.63, 3.8) is 0 Å². The van der Waals surface area contributed by atoms with Crippen LogP contribution in [0.25, 0.3) is 10.8 Å². The van der Waals surface area contributed by atoms with Gasteiger partial charge in [0.2, 0.25) is 0 Å². The second kappa shape index (κ2) is 5.51. The number of nitrogens with zero attached hydrogens (tertiary/aromatic N) is 1. The van der Waals surface area contributed by atoms with Crippen molar-refractivity contribution in [1.82, 2.24) is 4.90 Å². The predicted molar refractivity (Wildman–Crippen MR) is 97.6 cm³/mol. The number of fused-ring (bicyclic) bond motifs is 4. The van der Waals surface area contributed by atoms with E-state index in [4.69, 9.17) is 16.3 Å². The van der Waals surface area contributed by atoms with E-state index in [0.717, 1.165) is 23.7 Å². The van der Waals surface area contributed by atoms with Crippen molar-refractivity contribution in [1.29, 1.82) is 0 Å². The van der Waals surface area contributed by atoms with Gasteiger partial charge in [-0.3, -0.25) is 4.90 Å². The van der Waals surface area contributed by atoms with Gasteiger partial charge in [0, 0.05) is 17.1 Å². The zero-order valence-corrected chi connectivity index (χ0v) is 14.0. The van der Waals surface area contributed by atoms with Crippen molar-refractivity contribution < 1.29 is 4.74 Å². The highest BCUT2D eigenvalue weighted by Gasteiger charge is 2.40. The maximum absolute atomic E-state index is 6.34. The summed E-state index contributed by atoms with van der Waals surface area (Å²) in [5, 5.41) is 3.31. The maximum Gasteiger partial charge on any atom is 0.153 e. The maximum atomic E-state index is 6.34. The Bertz CT molecular complexity index is 923. The third-order valence-corrected chi connectivity index (χ3v) is 5.44. The molecule has 2 aliphatic heterocycles. The van der Waals surface area contributed by atoms with Crippen LogP contribution in [0.15, 0.2) is 60.7 Å². The molecule has 0 aromatic heterocycles. The molecule has 0 amide bonds. The van der Waals surface area contributed by atoms with Crippen LogP contribution in [0.3, 0.4) is 0 Å². The monoisotopic (exact) mass is 335 g/mol. The van der Waals surface area contributed by atoms with E-state index in [0.29, 0.717) is 0 Å². The number of halogens is 1. The highest BCUT2D eigenvalue weighted by atomic mass is 35.5. The molecule has 24 heavy (non-hydrogen) atoms. The summed E-state index contributed by atoms with van der Waals surface area (Å²) in [5.74, 6) is 1.02. The first kappa shape index (κ1) is 14.3. The Labute approximate surface area is 146 Å². The summed E-state index contributed by atoms with van der Waals surface area (Å²) in [6.45, 7) is 1.06. The molecular formula is C21H18ClNO. The first-order valence-corrected chi connectivity index (χ1v) is 8.88. The van der Waals surface area contributed by atoms with Gasteiger partial charge in [0.25, 0.3) is 0 Å². The van der Waals surface area contributed by atoms with Crippen LogP contribution in [0.2, 0.25) is 5.02 Å². The second-order valence-corrected chi connectivity index (χ2v) is 7.05. The lowest BCUT2D eigenvalue weighted by Crippen LogP contribution is -2.41. The molecule has 120 valence electrons. The Morgan fingerprint density at radius 2 is 1.92 bits per heavy atom. The molecular weight excluding hydrogens is 318 g/mol. The average molecular weight is 336 g/mol. The Hall–Kier alpha value is -2.03. The number of benzene rings is 3. The van der Waals surface area contributed by atoms with Crippen LogP contribution in [0.5, 0.6) is 5.75 Å². The van der Waals surface area contributed by atoms with Crippen LogP contribution in [-0.4, -0.2) is 17.7 Å². The number of ether oxygens (including phenoxy) is 1. The fraction of sp³-hybridized carbons (Fsp3) is 0.238. The Morgan fingerprint density at radius 3 is 2.83 bits per heavy atom. The van der Waals surface area contributed by atoms with Crippen molar-refractivity contribution in [2.24, 2.45) is 0 Å². The van der Waals surface area contributed by atoms with Crippen LogP contribution < -0.4 is 4.74 Å². The molecule has 2 unspecified atom stereocenters. The van der Waals surface area contributed by atoms with Gasteiger partial charge in [-0.25, -0.2) is 0 Å². The zero-order chi connectivity index (χ0) is 16.1. The van der Waals surface area contributed by atoms with E-state index >= 15 is 0 Å². The molecule has 0 N–H and O–H groups in total. The third-order valence-electron chi connectivity index (χ3n) is 5.20. The minimum absolute atomic E-state index is 0.169. The van der Waals surface area contributed by atoms with Gasteiger partial charge >= 0.3 is 0 Å². The van der Waals surface area contributed by atoms with E-state index in [1.54, 1.807) is 0 Å². The van der Waals surface area contributed by atoms with Crippen LogP contribution >= 0.6 is 11.6 Å². The molecule has 0 spiro atoms. The Balaban J connectivity index is 1.79. The summed E-state index contributed by atoms with van der Waals surface area (Å²) in [6.07, 6.45) is 2.43. The number of rotatable bonds is 1. The topological polar surface area (TPSA) is 12.5 Å². The molecule has 0 bridgehead atoms. The zero-order valence-electron chi connectivity index (χ0n) is 13.3. The van der Waals surface area contributed by atoms with E-state index in [1.807, 2.05) is 12.1 Å².